The van der Waals surface area contributed by atoms with Gasteiger partial charge >= 0.3 is 6.03 Å². The lowest BCUT2D eigenvalue weighted by Gasteiger charge is -2.13. The number of ether oxygens (including phenoxy) is 1. The minimum atomic E-state index is -3.96. The van der Waals surface area contributed by atoms with Gasteiger partial charge in [-0.25, -0.2) is 17.9 Å². The largest absolute Gasteiger partial charge is 0.494 e. The molecular formula is C19H22ClN3O5S. The molecule has 0 aromatic heterocycles. The fourth-order valence-electron chi connectivity index (χ4n) is 2.41. The van der Waals surface area contributed by atoms with Crippen molar-refractivity contribution in [2.75, 3.05) is 13.7 Å². The first-order valence-corrected chi connectivity index (χ1v) is 10.7. The van der Waals surface area contributed by atoms with Gasteiger partial charge in [0, 0.05) is 19.0 Å². The van der Waals surface area contributed by atoms with Crippen LogP contribution in [0.1, 0.15) is 22.8 Å². The minimum Gasteiger partial charge on any atom is -0.494 e. The number of carbonyl (C=O) groups is 2. The van der Waals surface area contributed by atoms with Gasteiger partial charge in [0.1, 0.15) is 11.3 Å². The fourth-order valence-corrected chi connectivity index (χ4v) is 3.65. The third kappa shape index (κ3) is 6.65. The van der Waals surface area contributed by atoms with E-state index in [-0.39, 0.29) is 17.2 Å². The molecule has 0 heterocycles. The first kappa shape index (κ1) is 22.5. The van der Waals surface area contributed by atoms with E-state index in [2.05, 4.69) is 10.6 Å². The second-order valence-electron chi connectivity index (χ2n) is 5.93. The van der Waals surface area contributed by atoms with E-state index in [1.165, 1.54) is 19.2 Å². The van der Waals surface area contributed by atoms with Crippen molar-refractivity contribution in [2.45, 2.75) is 23.7 Å². The van der Waals surface area contributed by atoms with Crippen molar-refractivity contribution in [1.82, 2.24) is 15.4 Å². The number of carbonyl (C=O) groups excluding carboxylic acids is 2. The van der Waals surface area contributed by atoms with Crippen molar-refractivity contribution < 1.29 is 22.7 Å². The number of rotatable bonds is 8. The summed E-state index contributed by atoms with van der Waals surface area (Å²) < 4.78 is 31.3. The lowest BCUT2D eigenvalue weighted by atomic mass is 10.1. The number of sulfonamides is 1. The van der Waals surface area contributed by atoms with E-state index < -0.39 is 21.6 Å². The molecule has 2 aromatic rings. The molecule has 0 aliphatic carbocycles. The summed E-state index contributed by atoms with van der Waals surface area (Å²) in [5.41, 5.74) is 0.431. The Morgan fingerprint density at radius 3 is 2.45 bits per heavy atom. The summed E-state index contributed by atoms with van der Waals surface area (Å²) in [6.45, 7) is 2.35. The quantitative estimate of drug-likeness (QED) is 0.431. The number of hydrogen-bond donors (Lipinski definition) is 3. The molecule has 0 fully saturated rings. The van der Waals surface area contributed by atoms with Crippen LogP contribution < -0.4 is 20.1 Å². The van der Waals surface area contributed by atoms with Gasteiger partial charge in [-0.2, -0.15) is 0 Å². The standard InChI is InChI=1S/C19H22ClN3O5S/c1-3-28-15-6-4-5-14(12-15)18(24)22-17(20)11-13-7-9-16(10-8-13)29(26,27)23-19(25)21-2/h4-10,12,17H,3,11H2,1-2H3,(H,22,24)(H2,21,23,25). The van der Waals surface area contributed by atoms with Gasteiger partial charge in [0.2, 0.25) is 0 Å². The van der Waals surface area contributed by atoms with Gasteiger partial charge in [0.05, 0.1) is 11.5 Å². The van der Waals surface area contributed by atoms with Gasteiger partial charge in [-0.15, -0.1) is 0 Å². The summed E-state index contributed by atoms with van der Waals surface area (Å²) in [5.74, 6) is 0.244. The first-order chi connectivity index (χ1) is 13.7. The predicted octanol–water partition coefficient (Wildman–Crippen LogP) is 2.24. The number of amides is 3. The second kappa shape index (κ2) is 10.1. The van der Waals surface area contributed by atoms with Gasteiger partial charge in [0.15, 0.2) is 0 Å². The van der Waals surface area contributed by atoms with Crippen LogP contribution in [0.15, 0.2) is 53.4 Å². The third-order valence-corrected chi connectivity index (χ3v) is 5.41. The van der Waals surface area contributed by atoms with Crippen molar-refractivity contribution in [3.63, 3.8) is 0 Å². The summed E-state index contributed by atoms with van der Waals surface area (Å²) in [5, 5.41) is 4.86. The highest BCUT2D eigenvalue weighted by molar-refractivity contribution is 7.90. The van der Waals surface area contributed by atoms with Crippen molar-refractivity contribution in [3.8, 4) is 5.75 Å². The van der Waals surface area contributed by atoms with E-state index in [4.69, 9.17) is 16.3 Å². The molecule has 0 bridgehead atoms. The molecule has 1 unspecified atom stereocenters. The molecule has 0 radical (unpaired) electrons. The zero-order valence-corrected chi connectivity index (χ0v) is 17.5. The van der Waals surface area contributed by atoms with Crippen LogP contribution in [0.25, 0.3) is 0 Å². The van der Waals surface area contributed by atoms with Crippen LogP contribution in [0, 0.1) is 0 Å². The van der Waals surface area contributed by atoms with E-state index in [0.29, 0.717) is 23.5 Å². The van der Waals surface area contributed by atoms with Crippen LogP contribution >= 0.6 is 11.6 Å². The van der Waals surface area contributed by atoms with Gasteiger partial charge in [-0.05, 0) is 42.8 Å². The maximum absolute atomic E-state index is 12.3. The van der Waals surface area contributed by atoms with E-state index in [0.717, 1.165) is 0 Å². The fraction of sp³-hybridized carbons (Fsp3) is 0.263. The maximum atomic E-state index is 12.3. The third-order valence-electron chi connectivity index (χ3n) is 3.80. The molecule has 3 amide bonds. The molecule has 0 aliphatic rings. The van der Waals surface area contributed by atoms with Gasteiger partial charge in [0.25, 0.3) is 15.9 Å². The predicted molar refractivity (Wildman–Crippen MR) is 110 cm³/mol. The lowest BCUT2D eigenvalue weighted by molar-refractivity contribution is 0.0948. The Bertz CT molecular complexity index is 964. The van der Waals surface area contributed by atoms with E-state index >= 15 is 0 Å². The smallest absolute Gasteiger partial charge is 0.328 e. The average Bonchev–Trinajstić information content (AvgIpc) is 2.68. The second-order valence-corrected chi connectivity index (χ2v) is 8.14. The maximum Gasteiger partial charge on any atom is 0.328 e. The monoisotopic (exact) mass is 439 g/mol. The molecule has 0 aliphatic heterocycles. The Morgan fingerprint density at radius 2 is 1.83 bits per heavy atom. The lowest BCUT2D eigenvalue weighted by Crippen LogP contribution is -2.37. The van der Waals surface area contributed by atoms with Crippen LogP contribution in [0.4, 0.5) is 4.79 Å². The summed E-state index contributed by atoms with van der Waals surface area (Å²) in [7, 11) is -2.64. The number of nitrogens with one attached hydrogen (secondary N) is 3. The van der Waals surface area contributed by atoms with E-state index in [9.17, 15) is 18.0 Å². The molecule has 0 saturated heterocycles. The summed E-state index contributed by atoms with van der Waals surface area (Å²) in [6, 6.07) is 11.8. The van der Waals surface area contributed by atoms with Crippen LogP contribution in [-0.2, 0) is 16.4 Å². The zero-order valence-electron chi connectivity index (χ0n) is 15.9. The average molecular weight is 440 g/mol. The molecule has 0 saturated carbocycles. The Morgan fingerprint density at radius 1 is 1.14 bits per heavy atom. The number of benzene rings is 2. The first-order valence-electron chi connectivity index (χ1n) is 8.76. The number of halogens is 1. The Balaban J connectivity index is 1.98. The molecule has 156 valence electrons. The van der Waals surface area contributed by atoms with Crippen LogP contribution in [-0.4, -0.2) is 39.5 Å². The Labute approximate surface area is 174 Å². The molecule has 10 heteroatoms. The number of urea groups is 1. The van der Waals surface area contributed by atoms with Crippen LogP contribution in [0.3, 0.4) is 0 Å². The van der Waals surface area contributed by atoms with Gasteiger partial charge in [-0.1, -0.05) is 29.8 Å². The van der Waals surface area contributed by atoms with Crippen molar-refractivity contribution >= 4 is 33.6 Å². The van der Waals surface area contributed by atoms with Crippen molar-refractivity contribution in [1.29, 1.82) is 0 Å². The van der Waals surface area contributed by atoms with Gasteiger partial charge < -0.3 is 15.4 Å². The van der Waals surface area contributed by atoms with Crippen molar-refractivity contribution in [3.05, 3.63) is 59.7 Å². The highest BCUT2D eigenvalue weighted by Crippen LogP contribution is 2.15. The number of alkyl halides is 1. The van der Waals surface area contributed by atoms with E-state index in [1.807, 2.05) is 11.6 Å². The molecule has 0 spiro atoms. The Kier molecular flexibility index (Phi) is 7.86. The molecular weight excluding hydrogens is 418 g/mol. The summed E-state index contributed by atoms with van der Waals surface area (Å²) in [6.07, 6.45) is 0.279. The molecule has 3 N–H and O–H groups in total. The normalized spacial score (nSPS) is 12.0. The molecule has 29 heavy (non-hydrogen) atoms. The van der Waals surface area contributed by atoms with Crippen molar-refractivity contribution in [2.24, 2.45) is 0 Å². The molecule has 1 atom stereocenters. The Hall–Kier alpha value is -2.78. The minimum absolute atomic E-state index is 0.0623. The summed E-state index contributed by atoms with van der Waals surface area (Å²) in [4.78, 5) is 23.5. The molecule has 2 aromatic carbocycles. The zero-order chi connectivity index (χ0) is 21.4. The summed E-state index contributed by atoms with van der Waals surface area (Å²) >= 11 is 6.23. The van der Waals surface area contributed by atoms with Gasteiger partial charge in [-0.3, -0.25) is 4.79 Å². The number of hydrogen-bond acceptors (Lipinski definition) is 5. The highest BCUT2D eigenvalue weighted by Gasteiger charge is 2.17. The SMILES string of the molecule is CCOc1cccc(C(=O)NC(Cl)Cc2ccc(S(=O)(=O)NC(=O)NC)cc2)c1. The topological polar surface area (TPSA) is 114 Å². The van der Waals surface area contributed by atoms with Crippen LogP contribution in [0.2, 0.25) is 0 Å². The molecule has 8 nitrogen and oxygen atoms in total. The van der Waals surface area contributed by atoms with E-state index in [1.54, 1.807) is 36.4 Å². The molecule has 2 rings (SSSR count). The van der Waals surface area contributed by atoms with Crippen LogP contribution in [0.5, 0.6) is 5.75 Å². The highest BCUT2D eigenvalue weighted by atomic mass is 35.5.